The Balaban J connectivity index is 1.72. The van der Waals surface area contributed by atoms with Crippen LogP contribution in [-0.2, 0) is 20.2 Å². The van der Waals surface area contributed by atoms with E-state index in [0.717, 1.165) is 24.5 Å². The zero-order valence-corrected chi connectivity index (χ0v) is 16.2. The molecule has 1 aliphatic rings. The van der Waals surface area contributed by atoms with Crippen molar-refractivity contribution in [1.29, 1.82) is 0 Å². The molecule has 2 heterocycles. The normalized spacial score (nSPS) is 15.7. The molecule has 6 nitrogen and oxygen atoms in total. The maximum Gasteiger partial charge on any atom is 0.261 e. The van der Waals surface area contributed by atoms with Crippen molar-refractivity contribution < 1.29 is 13.2 Å². The molecule has 0 saturated carbocycles. The van der Waals surface area contributed by atoms with E-state index in [-0.39, 0.29) is 10.3 Å². The molecule has 0 atom stereocenters. The van der Waals surface area contributed by atoms with E-state index in [0.29, 0.717) is 18.9 Å². The van der Waals surface area contributed by atoms with Crippen LogP contribution in [0, 0.1) is 0 Å². The summed E-state index contributed by atoms with van der Waals surface area (Å²) in [5, 5.41) is 0. The molecular weight excluding hydrogens is 350 g/mol. The summed E-state index contributed by atoms with van der Waals surface area (Å²) in [5.74, 6) is 0.825. The van der Waals surface area contributed by atoms with Crippen LogP contribution in [0.25, 0.3) is 0 Å². The van der Waals surface area contributed by atoms with Crippen molar-refractivity contribution in [3.05, 3.63) is 48.2 Å². The van der Waals surface area contributed by atoms with Crippen molar-refractivity contribution in [2.45, 2.75) is 31.1 Å². The Morgan fingerprint density at radius 1 is 1.04 bits per heavy atom. The summed E-state index contributed by atoms with van der Waals surface area (Å²) in [6, 6.07) is 10.5. The maximum atomic E-state index is 12.6. The Bertz CT molecular complexity index is 835. The topological polar surface area (TPSA) is 71.5 Å². The average molecular weight is 375 g/mol. The molecule has 1 aromatic heterocycles. The molecule has 0 aliphatic carbocycles. The quantitative estimate of drug-likeness (QED) is 0.889. The fraction of sp³-hybridized carbons (Fsp3) is 0.421. The minimum absolute atomic E-state index is 0.0189. The van der Waals surface area contributed by atoms with Crippen LogP contribution in [-0.4, -0.2) is 39.7 Å². The minimum Gasteiger partial charge on any atom is -0.378 e. The van der Waals surface area contributed by atoms with Crippen molar-refractivity contribution in [2.75, 3.05) is 35.9 Å². The van der Waals surface area contributed by atoms with Crippen LogP contribution >= 0.6 is 0 Å². The standard InChI is InChI=1S/C19H25N3O3S/c1-19(2,3)15-4-7-17(8-5-15)26(23,24)21-16-6-9-18(20-14-16)22-10-12-25-13-11-22/h4-9,14,21H,10-13H2,1-3H3. The van der Waals surface area contributed by atoms with Gasteiger partial charge in [0.05, 0.1) is 30.0 Å². The lowest BCUT2D eigenvalue weighted by molar-refractivity contribution is 0.122. The van der Waals surface area contributed by atoms with Crippen LogP contribution < -0.4 is 9.62 Å². The third-order valence-corrected chi connectivity index (χ3v) is 5.76. The van der Waals surface area contributed by atoms with E-state index in [4.69, 9.17) is 4.74 Å². The predicted octanol–water partition coefficient (Wildman–Crippen LogP) is 3.02. The highest BCUT2D eigenvalue weighted by Gasteiger charge is 2.18. The van der Waals surface area contributed by atoms with E-state index >= 15 is 0 Å². The second-order valence-electron chi connectivity index (χ2n) is 7.38. The van der Waals surface area contributed by atoms with Crippen LogP contribution in [0.4, 0.5) is 11.5 Å². The lowest BCUT2D eigenvalue weighted by atomic mass is 9.87. The Labute approximate surface area is 155 Å². The molecule has 1 saturated heterocycles. The Morgan fingerprint density at radius 3 is 2.23 bits per heavy atom. The monoisotopic (exact) mass is 375 g/mol. The third kappa shape index (κ3) is 4.34. The van der Waals surface area contributed by atoms with Crippen LogP contribution in [0.1, 0.15) is 26.3 Å². The number of hydrogen-bond donors (Lipinski definition) is 1. The van der Waals surface area contributed by atoms with Gasteiger partial charge in [0.2, 0.25) is 0 Å². The van der Waals surface area contributed by atoms with Crippen molar-refractivity contribution in [3.8, 4) is 0 Å². The molecule has 26 heavy (non-hydrogen) atoms. The van der Waals surface area contributed by atoms with Gasteiger partial charge in [-0.25, -0.2) is 13.4 Å². The summed E-state index contributed by atoms with van der Waals surface area (Å²) < 4.78 is 33.1. The minimum atomic E-state index is -3.64. The van der Waals surface area contributed by atoms with Gasteiger partial charge in [-0.2, -0.15) is 0 Å². The molecule has 0 bridgehead atoms. The SMILES string of the molecule is CC(C)(C)c1ccc(S(=O)(=O)Nc2ccc(N3CCOCC3)nc2)cc1. The van der Waals surface area contributed by atoms with E-state index in [1.807, 2.05) is 18.2 Å². The number of anilines is 2. The smallest absolute Gasteiger partial charge is 0.261 e. The van der Waals surface area contributed by atoms with E-state index in [1.54, 1.807) is 24.4 Å². The van der Waals surface area contributed by atoms with Crippen molar-refractivity contribution in [1.82, 2.24) is 4.98 Å². The van der Waals surface area contributed by atoms with Gasteiger partial charge in [0.1, 0.15) is 5.82 Å². The van der Waals surface area contributed by atoms with Crippen LogP contribution in [0.5, 0.6) is 0 Å². The van der Waals surface area contributed by atoms with Gasteiger partial charge in [-0.05, 0) is 35.2 Å². The second-order valence-corrected chi connectivity index (χ2v) is 9.07. The van der Waals surface area contributed by atoms with Gasteiger partial charge in [0.15, 0.2) is 0 Å². The summed E-state index contributed by atoms with van der Waals surface area (Å²) in [5.41, 5.74) is 1.52. The van der Waals surface area contributed by atoms with Gasteiger partial charge in [-0.15, -0.1) is 0 Å². The average Bonchev–Trinajstić information content (AvgIpc) is 2.62. The third-order valence-electron chi connectivity index (χ3n) is 4.37. The number of pyridine rings is 1. The van der Waals surface area contributed by atoms with Gasteiger partial charge in [0.25, 0.3) is 10.0 Å². The van der Waals surface area contributed by atoms with Crippen LogP contribution in [0.15, 0.2) is 47.5 Å². The summed E-state index contributed by atoms with van der Waals surface area (Å²) >= 11 is 0. The molecule has 0 radical (unpaired) electrons. The first-order valence-electron chi connectivity index (χ1n) is 8.68. The number of sulfonamides is 1. The number of hydrogen-bond acceptors (Lipinski definition) is 5. The van der Waals surface area contributed by atoms with Gasteiger partial charge in [0, 0.05) is 13.1 Å². The first-order valence-corrected chi connectivity index (χ1v) is 10.2. The number of aromatic nitrogens is 1. The molecule has 7 heteroatoms. The lowest BCUT2D eigenvalue weighted by Gasteiger charge is -2.27. The molecule has 3 rings (SSSR count). The number of nitrogens with zero attached hydrogens (tertiary/aromatic N) is 2. The molecular formula is C19H25N3O3S. The maximum absolute atomic E-state index is 12.6. The lowest BCUT2D eigenvalue weighted by Crippen LogP contribution is -2.36. The molecule has 140 valence electrons. The number of morpholine rings is 1. The first-order chi connectivity index (χ1) is 12.3. The largest absolute Gasteiger partial charge is 0.378 e. The summed E-state index contributed by atoms with van der Waals surface area (Å²) in [7, 11) is -3.64. The Kier molecular flexibility index (Phi) is 5.20. The zero-order chi connectivity index (χ0) is 18.8. The number of rotatable bonds is 4. The predicted molar refractivity (Wildman–Crippen MR) is 103 cm³/mol. The Morgan fingerprint density at radius 2 is 1.69 bits per heavy atom. The van der Waals surface area contributed by atoms with E-state index < -0.39 is 10.0 Å². The number of nitrogens with one attached hydrogen (secondary N) is 1. The highest BCUT2D eigenvalue weighted by molar-refractivity contribution is 7.92. The summed E-state index contributed by atoms with van der Waals surface area (Å²) in [6.07, 6.45) is 1.55. The molecule has 0 amide bonds. The second kappa shape index (κ2) is 7.25. The highest BCUT2D eigenvalue weighted by atomic mass is 32.2. The van der Waals surface area contributed by atoms with Crippen LogP contribution in [0.2, 0.25) is 0 Å². The van der Waals surface area contributed by atoms with Crippen LogP contribution in [0.3, 0.4) is 0 Å². The summed E-state index contributed by atoms with van der Waals surface area (Å²) in [6.45, 7) is 9.22. The molecule has 1 aliphatic heterocycles. The van der Waals surface area contributed by atoms with Gasteiger partial charge < -0.3 is 9.64 Å². The van der Waals surface area contributed by atoms with E-state index in [2.05, 4.69) is 35.4 Å². The van der Waals surface area contributed by atoms with Gasteiger partial charge >= 0.3 is 0 Å². The molecule has 1 aromatic carbocycles. The number of benzene rings is 1. The molecule has 1 fully saturated rings. The fourth-order valence-corrected chi connectivity index (χ4v) is 3.82. The van der Waals surface area contributed by atoms with Crippen molar-refractivity contribution in [2.24, 2.45) is 0 Å². The molecule has 1 N–H and O–H groups in total. The zero-order valence-electron chi connectivity index (χ0n) is 15.4. The Hall–Kier alpha value is -2.12. The summed E-state index contributed by atoms with van der Waals surface area (Å²) in [4.78, 5) is 6.73. The molecule has 0 spiro atoms. The van der Waals surface area contributed by atoms with Gasteiger partial charge in [-0.1, -0.05) is 32.9 Å². The fourth-order valence-electron chi connectivity index (χ4n) is 2.77. The van der Waals surface area contributed by atoms with E-state index in [1.165, 1.54) is 0 Å². The van der Waals surface area contributed by atoms with Crippen molar-refractivity contribution in [3.63, 3.8) is 0 Å². The first kappa shape index (κ1) is 18.7. The van der Waals surface area contributed by atoms with Crippen molar-refractivity contribution >= 4 is 21.5 Å². The number of ether oxygens (including phenoxy) is 1. The highest BCUT2D eigenvalue weighted by Crippen LogP contribution is 2.24. The van der Waals surface area contributed by atoms with E-state index in [9.17, 15) is 8.42 Å². The molecule has 0 unspecified atom stereocenters. The van der Waals surface area contributed by atoms with Gasteiger partial charge in [-0.3, -0.25) is 4.72 Å². The molecule has 2 aromatic rings.